The van der Waals surface area contributed by atoms with E-state index in [1.165, 1.54) is 10.7 Å². The number of carbonyl (C=O) groups is 1. The van der Waals surface area contributed by atoms with Gasteiger partial charge >= 0.3 is 0 Å². The highest BCUT2D eigenvalue weighted by Crippen LogP contribution is 2.40. The van der Waals surface area contributed by atoms with Crippen molar-refractivity contribution in [2.45, 2.75) is 44.6 Å². The second-order valence-electron chi connectivity index (χ2n) is 8.14. The molecule has 3 aromatic rings. The van der Waals surface area contributed by atoms with Gasteiger partial charge in [0.05, 0.1) is 11.4 Å². The first-order valence-corrected chi connectivity index (χ1v) is 10.4. The number of fused-ring (bicyclic) bond motifs is 1. The Bertz CT molecular complexity index is 1190. The third kappa shape index (κ3) is 3.90. The van der Waals surface area contributed by atoms with Gasteiger partial charge in [-0.15, -0.1) is 0 Å². The molecule has 2 N–H and O–H groups in total. The van der Waals surface area contributed by atoms with Crippen LogP contribution in [-0.2, 0) is 4.79 Å². The van der Waals surface area contributed by atoms with Crippen LogP contribution < -0.4 is 20.3 Å². The molecular formula is C22H23N5O4. The highest BCUT2D eigenvalue weighted by atomic mass is 16.6. The van der Waals surface area contributed by atoms with Gasteiger partial charge in [0.1, 0.15) is 12.4 Å². The zero-order valence-corrected chi connectivity index (χ0v) is 17.3. The molecule has 9 nitrogen and oxygen atoms in total. The van der Waals surface area contributed by atoms with Gasteiger partial charge in [-0.2, -0.15) is 9.78 Å². The summed E-state index contributed by atoms with van der Waals surface area (Å²) in [7, 11) is 0. The minimum Gasteiger partial charge on any atom is -0.485 e. The number of benzene rings is 1. The number of anilines is 1. The first-order valence-electron chi connectivity index (χ1n) is 10.4. The largest absolute Gasteiger partial charge is 0.485 e. The Labute approximate surface area is 178 Å². The zero-order valence-electron chi connectivity index (χ0n) is 17.3. The average molecular weight is 421 g/mol. The number of nitrogens with zero attached hydrogens (tertiary/aromatic N) is 3. The third-order valence-corrected chi connectivity index (χ3v) is 5.32. The summed E-state index contributed by atoms with van der Waals surface area (Å²) in [6.45, 7) is 4.03. The lowest BCUT2D eigenvalue weighted by Crippen LogP contribution is -2.40. The predicted molar refractivity (Wildman–Crippen MR) is 113 cm³/mol. The Balaban J connectivity index is 1.45. The van der Waals surface area contributed by atoms with Crippen LogP contribution in [0.4, 0.5) is 5.82 Å². The van der Waals surface area contributed by atoms with E-state index < -0.39 is 6.10 Å². The summed E-state index contributed by atoms with van der Waals surface area (Å²) < 4.78 is 12.9. The van der Waals surface area contributed by atoms with Gasteiger partial charge in [-0.25, -0.2) is 4.98 Å². The molecule has 5 rings (SSSR count). The van der Waals surface area contributed by atoms with Crippen LogP contribution in [-0.4, -0.2) is 38.4 Å². The third-order valence-electron chi connectivity index (χ3n) is 5.32. The smallest absolute Gasteiger partial charge is 0.270 e. The van der Waals surface area contributed by atoms with Gasteiger partial charge in [0.25, 0.3) is 11.5 Å². The van der Waals surface area contributed by atoms with Gasteiger partial charge in [0.15, 0.2) is 11.5 Å². The van der Waals surface area contributed by atoms with Crippen molar-refractivity contribution in [2.24, 2.45) is 0 Å². The molecule has 31 heavy (non-hydrogen) atoms. The van der Waals surface area contributed by atoms with Crippen molar-refractivity contribution in [3.8, 4) is 17.4 Å². The lowest BCUT2D eigenvalue weighted by molar-refractivity contribution is -0.125. The van der Waals surface area contributed by atoms with Crippen LogP contribution in [0.3, 0.4) is 0 Å². The molecule has 0 unspecified atom stereocenters. The van der Waals surface area contributed by atoms with Crippen LogP contribution in [0.1, 0.15) is 49.9 Å². The van der Waals surface area contributed by atoms with Gasteiger partial charge in [-0.05, 0) is 30.9 Å². The molecule has 0 saturated heterocycles. The van der Waals surface area contributed by atoms with Crippen molar-refractivity contribution >= 4 is 11.7 Å². The van der Waals surface area contributed by atoms with E-state index in [1.54, 1.807) is 12.1 Å². The topological polar surface area (TPSA) is 111 Å². The van der Waals surface area contributed by atoms with Crippen molar-refractivity contribution in [1.82, 2.24) is 19.7 Å². The fourth-order valence-corrected chi connectivity index (χ4v) is 3.44. The molecule has 0 radical (unpaired) electrons. The summed E-state index contributed by atoms with van der Waals surface area (Å²) in [5.74, 6) is 1.91. The van der Waals surface area contributed by atoms with E-state index in [0.717, 1.165) is 18.5 Å². The molecule has 0 bridgehead atoms. The number of rotatable bonds is 5. The summed E-state index contributed by atoms with van der Waals surface area (Å²) in [4.78, 5) is 32.4. The predicted octanol–water partition coefficient (Wildman–Crippen LogP) is 2.73. The molecule has 3 heterocycles. The fourth-order valence-electron chi connectivity index (χ4n) is 3.44. The number of nitrogens with one attached hydrogen (secondary N) is 2. The second kappa shape index (κ2) is 7.57. The number of aromatic amines is 1. The molecule has 0 spiro atoms. The van der Waals surface area contributed by atoms with Crippen molar-refractivity contribution in [3.63, 3.8) is 0 Å². The fraction of sp³-hybridized carbons (Fsp3) is 0.364. The molecule has 1 amide bonds. The molecule has 1 fully saturated rings. The number of carbonyl (C=O) groups excluding carboxylic acids is 1. The number of amides is 1. The summed E-state index contributed by atoms with van der Waals surface area (Å²) in [5.41, 5.74) is 1.24. The van der Waals surface area contributed by atoms with Crippen molar-refractivity contribution in [2.75, 3.05) is 11.9 Å². The molecule has 1 aliphatic heterocycles. The van der Waals surface area contributed by atoms with Gasteiger partial charge in [-0.3, -0.25) is 14.6 Å². The minimum absolute atomic E-state index is 0.0745. The van der Waals surface area contributed by atoms with Crippen molar-refractivity contribution in [1.29, 1.82) is 0 Å². The Kier molecular flexibility index (Phi) is 4.72. The zero-order chi connectivity index (χ0) is 21.5. The average Bonchev–Trinajstić information content (AvgIpc) is 3.53. The second-order valence-corrected chi connectivity index (χ2v) is 8.14. The number of ether oxygens (including phenoxy) is 2. The number of aromatic nitrogens is 4. The number of hydrogen-bond donors (Lipinski definition) is 2. The molecule has 2 aromatic heterocycles. The lowest BCUT2D eigenvalue weighted by Gasteiger charge is -2.25. The van der Waals surface area contributed by atoms with Gasteiger partial charge in [-0.1, -0.05) is 26.0 Å². The van der Waals surface area contributed by atoms with Crippen molar-refractivity contribution < 1.29 is 14.3 Å². The number of hydrogen-bond acceptors (Lipinski definition) is 6. The summed E-state index contributed by atoms with van der Waals surface area (Å²) in [5, 5.41) is 7.49. The Morgan fingerprint density at radius 1 is 1.23 bits per heavy atom. The molecule has 2 aliphatic rings. The summed E-state index contributed by atoms with van der Waals surface area (Å²) in [6, 6.07) is 10.5. The first-order chi connectivity index (χ1) is 15.0. The molecule has 1 aliphatic carbocycles. The van der Waals surface area contributed by atoms with Crippen LogP contribution in [0.2, 0.25) is 0 Å². The monoisotopic (exact) mass is 421 g/mol. The molecule has 9 heteroatoms. The minimum atomic E-state index is -0.809. The van der Waals surface area contributed by atoms with Crippen LogP contribution in [0, 0.1) is 0 Å². The Hall–Kier alpha value is -3.62. The quantitative estimate of drug-likeness (QED) is 0.655. The Morgan fingerprint density at radius 2 is 2.00 bits per heavy atom. The van der Waals surface area contributed by atoms with E-state index in [1.807, 2.05) is 32.0 Å². The number of H-pyrrole nitrogens is 1. The highest BCUT2D eigenvalue weighted by Gasteiger charge is 2.31. The molecular weight excluding hydrogens is 398 g/mol. The Morgan fingerprint density at radius 3 is 2.74 bits per heavy atom. The van der Waals surface area contributed by atoms with E-state index in [4.69, 9.17) is 9.47 Å². The standard InChI is InChI=1S/C22H23N5O4/c1-12(2)14-10-20(28)25-22(23-14)27-19(9-15(26-27)13-7-8-13)24-21(29)18-11-30-16-5-3-4-6-17(16)31-18/h3-6,9-10,12-13,18H,7-8,11H2,1-2H3,(H,24,29)(H,23,25,28)/t18-/m1/s1. The lowest BCUT2D eigenvalue weighted by atomic mass is 10.1. The van der Waals surface area contributed by atoms with E-state index in [2.05, 4.69) is 20.4 Å². The normalized spacial score (nSPS) is 17.6. The molecule has 1 aromatic carbocycles. The van der Waals surface area contributed by atoms with Crippen LogP contribution in [0.15, 0.2) is 41.2 Å². The van der Waals surface area contributed by atoms with Gasteiger partial charge in [0.2, 0.25) is 12.1 Å². The van der Waals surface area contributed by atoms with E-state index >= 15 is 0 Å². The molecule has 160 valence electrons. The summed E-state index contributed by atoms with van der Waals surface area (Å²) in [6.07, 6.45) is 1.30. The SMILES string of the molecule is CC(C)c1cc(=O)[nH]c(-n2nc(C3CC3)cc2NC(=O)[C@H]2COc3ccccc3O2)n1. The summed E-state index contributed by atoms with van der Waals surface area (Å²) >= 11 is 0. The van der Waals surface area contributed by atoms with Crippen LogP contribution in [0.25, 0.3) is 5.95 Å². The maximum Gasteiger partial charge on any atom is 0.270 e. The van der Waals surface area contributed by atoms with Crippen LogP contribution in [0.5, 0.6) is 11.5 Å². The van der Waals surface area contributed by atoms with E-state index in [0.29, 0.717) is 28.9 Å². The van der Waals surface area contributed by atoms with E-state index in [9.17, 15) is 9.59 Å². The van der Waals surface area contributed by atoms with Crippen LogP contribution >= 0.6 is 0 Å². The van der Waals surface area contributed by atoms with Gasteiger partial charge < -0.3 is 14.8 Å². The van der Waals surface area contributed by atoms with Crippen molar-refractivity contribution in [3.05, 3.63) is 58.1 Å². The first kappa shape index (κ1) is 19.3. The highest BCUT2D eigenvalue weighted by molar-refractivity contribution is 5.94. The molecule has 1 atom stereocenters. The maximum atomic E-state index is 12.9. The van der Waals surface area contributed by atoms with Gasteiger partial charge in [0, 0.05) is 18.1 Å². The molecule has 1 saturated carbocycles. The number of para-hydroxylation sites is 2. The van der Waals surface area contributed by atoms with E-state index in [-0.39, 0.29) is 29.9 Å². The maximum absolute atomic E-state index is 12.9.